The minimum absolute atomic E-state index is 0.0991. The van der Waals surface area contributed by atoms with Gasteiger partial charge in [0, 0.05) is 25.7 Å². The van der Waals surface area contributed by atoms with Gasteiger partial charge < -0.3 is 33.8 Å². The maximum atomic E-state index is 13.0. The van der Waals surface area contributed by atoms with Gasteiger partial charge in [0.1, 0.15) is 19.3 Å². The second-order valence-corrected chi connectivity index (χ2v) is 29.7. The molecule has 0 radical (unpaired) electrons. The molecule has 0 bridgehead atoms. The van der Waals surface area contributed by atoms with E-state index in [0.717, 1.165) is 127 Å². The number of aliphatic hydroxyl groups excluding tert-OH is 1. The fraction of sp³-hybridized carbons (Fsp3) is 0.890. The van der Waals surface area contributed by atoms with Crippen molar-refractivity contribution in [3.8, 4) is 0 Å². The van der Waals surface area contributed by atoms with Crippen LogP contribution in [-0.2, 0) is 65.4 Å². The number of rotatable bonds is 69. The van der Waals surface area contributed by atoms with Crippen LogP contribution in [0, 0.1) is 17.8 Å². The fourth-order valence-electron chi connectivity index (χ4n) is 10.5. The van der Waals surface area contributed by atoms with E-state index in [1.165, 1.54) is 135 Å². The number of hydrogen-bond donors (Lipinski definition) is 3. The van der Waals surface area contributed by atoms with E-state index in [2.05, 4.69) is 72.8 Å². The number of aliphatic hydroxyl groups is 1. The first-order valence-electron chi connectivity index (χ1n) is 37.2. The second-order valence-electron chi connectivity index (χ2n) is 26.8. The van der Waals surface area contributed by atoms with Crippen LogP contribution in [0.1, 0.15) is 344 Å². The van der Waals surface area contributed by atoms with Gasteiger partial charge in [0.15, 0.2) is 12.2 Å². The molecule has 4 unspecified atom stereocenters. The Kier molecular flexibility index (Phi) is 61.6. The van der Waals surface area contributed by atoms with Gasteiger partial charge in [0.05, 0.1) is 26.4 Å². The summed E-state index contributed by atoms with van der Waals surface area (Å²) in [5, 5.41) is 10.6. The maximum absolute atomic E-state index is 13.0. The van der Waals surface area contributed by atoms with Crippen LogP contribution in [0.3, 0.4) is 0 Å². The number of hydrogen-bond acceptors (Lipinski definition) is 15. The Morgan fingerprint density at radius 3 is 0.967 bits per heavy atom. The molecule has 0 amide bonds. The van der Waals surface area contributed by atoms with Gasteiger partial charge >= 0.3 is 39.5 Å². The molecule has 0 aliphatic heterocycles. The summed E-state index contributed by atoms with van der Waals surface area (Å²) in [6.07, 6.45) is 50.7. The Morgan fingerprint density at radius 2 is 0.641 bits per heavy atom. The molecule has 6 atom stereocenters. The first-order chi connectivity index (χ1) is 44.3. The van der Waals surface area contributed by atoms with E-state index in [9.17, 15) is 43.2 Å². The number of unbranched alkanes of at least 4 members (excludes halogenated alkanes) is 33. The predicted octanol–water partition coefficient (Wildman–Crippen LogP) is 20.6. The molecule has 92 heavy (non-hydrogen) atoms. The summed E-state index contributed by atoms with van der Waals surface area (Å²) < 4.78 is 68.4. The van der Waals surface area contributed by atoms with Crippen LogP contribution in [0.25, 0.3) is 0 Å². The molecule has 542 valence electrons. The fourth-order valence-corrected chi connectivity index (χ4v) is 12.1. The van der Waals surface area contributed by atoms with Crippen molar-refractivity contribution in [2.45, 2.75) is 362 Å². The van der Waals surface area contributed by atoms with Gasteiger partial charge in [0.25, 0.3) is 0 Å². The monoisotopic (exact) mass is 1350 g/mol. The highest BCUT2D eigenvalue weighted by molar-refractivity contribution is 7.47. The third kappa shape index (κ3) is 64.9. The normalized spacial score (nSPS) is 14.6. The molecule has 0 aliphatic rings. The molecular formula is C73H138O17P2. The van der Waals surface area contributed by atoms with E-state index in [0.29, 0.717) is 25.7 Å². The van der Waals surface area contributed by atoms with Crippen LogP contribution in [0.2, 0.25) is 0 Å². The van der Waals surface area contributed by atoms with Crippen molar-refractivity contribution in [3.05, 3.63) is 24.3 Å². The lowest BCUT2D eigenvalue weighted by Crippen LogP contribution is -2.30. The van der Waals surface area contributed by atoms with Crippen LogP contribution in [-0.4, -0.2) is 96.7 Å². The van der Waals surface area contributed by atoms with Crippen molar-refractivity contribution in [2.75, 3.05) is 39.6 Å². The standard InChI is InChI=1S/C73H138O17P2/c1-8-10-11-12-13-14-15-16-17-18-21-24-33-40-47-54-70(75)83-60-68(89-72(77)56-49-42-35-25-22-19-20-23-30-37-44-51-64(3)4)62-87-91(79,80)85-58-67(74)59-86-92(81,82)88-63-69(61-84-71(76)55-48-41-34-28-26-31-38-45-52-65(5)6)90-73(78)57-50-43-36-29-27-32-39-46-53-66(7)9-2/h14-17,64-69,74H,8-13,18-63H2,1-7H3,(H,79,80)(H,81,82)/b15-14-,17-16-/t66?,67?,68-,69-/m1/s1. The number of carbonyl (C=O) groups is 4. The number of esters is 4. The molecule has 0 aromatic carbocycles. The van der Waals surface area contributed by atoms with E-state index >= 15 is 0 Å². The highest BCUT2D eigenvalue weighted by Gasteiger charge is 2.30. The minimum Gasteiger partial charge on any atom is -0.462 e. The molecular weight excluding hydrogens is 1210 g/mol. The summed E-state index contributed by atoms with van der Waals surface area (Å²) in [5.41, 5.74) is 0. The Balaban J connectivity index is 5.30. The molecule has 0 rings (SSSR count). The summed E-state index contributed by atoms with van der Waals surface area (Å²) >= 11 is 0. The molecule has 0 spiro atoms. The Hall–Kier alpha value is -2.46. The average Bonchev–Trinajstić information content (AvgIpc) is 2.98. The highest BCUT2D eigenvalue weighted by atomic mass is 31.2. The number of phosphoric acid groups is 2. The number of carbonyl (C=O) groups excluding carboxylic acids is 4. The van der Waals surface area contributed by atoms with E-state index in [1.54, 1.807) is 0 Å². The summed E-state index contributed by atoms with van der Waals surface area (Å²) in [6.45, 7) is 11.8. The molecule has 19 heteroatoms. The van der Waals surface area contributed by atoms with Gasteiger partial charge in [-0.15, -0.1) is 0 Å². The quantitative estimate of drug-likeness (QED) is 0.0169. The lowest BCUT2D eigenvalue weighted by Gasteiger charge is -2.21. The number of allylic oxidation sites excluding steroid dienone is 4. The SMILES string of the molecule is CCCCCC/C=C\C=C/CCCCCCCC(=O)OC[C@H](COP(=O)(O)OCC(O)COP(=O)(O)OC[C@@H](COC(=O)CCCCCCCCCCC(C)C)OC(=O)CCCCCCCCCCC(C)CC)OC(=O)CCCCCCCCCCCCCC(C)C. The molecule has 0 aromatic heterocycles. The van der Waals surface area contributed by atoms with Gasteiger partial charge in [-0.3, -0.25) is 37.3 Å². The summed E-state index contributed by atoms with van der Waals surface area (Å²) in [7, 11) is -9.92. The molecule has 0 fully saturated rings. The number of ether oxygens (including phenoxy) is 4. The van der Waals surface area contributed by atoms with E-state index in [4.69, 9.17) is 37.0 Å². The topological polar surface area (TPSA) is 237 Å². The van der Waals surface area contributed by atoms with Crippen LogP contribution in [0.5, 0.6) is 0 Å². The van der Waals surface area contributed by atoms with Crippen molar-refractivity contribution >= 4 is 39.5 Å². The zero-order valence-electron chi connectivity index (χ0n) is 59.5. The Bertz CT molecular complexity index is 1900. The van der Waals surface area contributed by atoms with E-state index in [1.807, 2.05) is 0 Å². The van der Waals surface area contributed by atoms with Gasteiger partial charge in [-0.2, -0.15) is 0 Å². The van der Waals surface area contributed by atoms with Crippen LogP contribution in [0.15, 0.2) is 24.3 Å². The zero-order valence-corrected chi connectivity index (χ0v) is 61.3. The first kappa shape index (κ1) is 89.5. The lowest BCUT2D eigenvalue weighted by atomic mass is 9.99. The maximum Gasteiger partial charge on any atom is 0.472 e. The molecule has 0 aliphatic carbocycles. The zero-order chi connectivity index (χ0) is 68.0. The molecule has 0 saturated heterocycles. The van der Waals surface area contributed by atoms with Crippen molar-refractivity contribution in [1.82, 2.24) is 0 Å². The molecule has 0 heterocycles. The van der Waals surface area contributed by atoms with E-state index in [-0.39, 0.29) is 25.7 Å². The first-order valence-corrected chi connectivity index (χ1v) is 40.2. The molecule has 0 aromatic rings. The van der Waals surface area contributed by atoms with Crippen molar-refractivity contribution < 1.29 is 80.2 Å². The summed E-state index contributed by atoms with van der Waals surface area (Å²) in [5.74, 6) is 0.101. The summed E-state index contributed by atoms with van der Waals surface area (Å²) in [6, 6.07) is 0. The van der Waals surface area contributed by atoms with Gasteiger partial charge in [0.2, 0.25) is 0 Å². The largest absolute Gasteiger partial charge is 0.472 e. The van der Waals surface area contributed by atoms with Gasteiger partial charge in [-0.25, -0.2) is 9.13 Å². The van der Waals surface area contributed by atoms with Gasteiger partial charge in [-0.1, -0.05) is 291 Å². The molecule has 0 saturated carbocycles. The average molecular weight is 1350 g/mol. The lowest BCUT2D eigenvalue weighted by molar-refractivity contribution is -0.161. The molecule has 3 N–H and O–H groups in total. The molecule has 17 nitrogen and oxygen atoms in total. The van der Waals surface area contributed by atoms with Crippen LogP contribution < -0.4 is 0 Å². The van der Waals surface area contributed by atoms with Crippen molar-refractivity contribution in [1.29, 1.82) is 0 Å². The number of phosphoric ester groups is 2. The van der Waals surface area contributed by atoms with Crippen molar-refractivity contribution in [3.63, 3.8) is 0 Å². The Labute approximate surface area is 561 Å². The smallest absolute Gasteiger partial charge is 0.462 e. The summed E-state index contributed by atoms with van der Waals surface area (Å²) in [4.78, 5) is 72.7. The minimum atomic E-state index is -4.96. The van der Waals surface area contributed by atoms with Gasteiger partial charge in [-0.05, 0) is 69.1 Å². The van der Waals surface area contributed by atoms with Crippen molar-refractivity contribution in [2.24, 2.45) is 17.8 Å². The van der Waals surface area contributed by atoms with Crippen LogP contribution >= 0.6 is 15.6 Å². The van der Waals surface area contributed by atoms with Crippen LogP contribution in [0.4, 0.5) is 0 Å². The predicted molar refractivity (Wildman–Crippen MR) is 372 cm³/mol. The third-order valence-electron chi connectivity index (χ3n) is 16.6. The highest BCUT2D eigenvalue weighted by Crippen LogP contribution is 2.45. The van der Waals surface area contributed by atoms with E-state index < -0.39 is 97.5 Å². The second kappa shape index (κ2) is 63.3. The third-order valence-corrected chi connectivity index (χ3v) is 18.5. The Morgan fingerprint density at radius 1 is 0.359 bits per heavy atom.